The van der Waals surface area contributed by atoms with Crippen LogP contribution in [0.4, 0.5) is 0 Å². The summed E-state index contributed by atoms with van der Waals surface area (Å²) >= 11 is 0. The average molecular weight is 278 g/mol. The summed E-state index contributed by atoms with van der Waals surface area (Å²) in [6, 6.07) is 3.75. The first-order valence-corrected chi connectivity index (χ1v) is 6.83. The van der Waals surface area contributed by atoms with E-state index in [4.69, 9.17) is 14.2 Å². The van der Waals surface area contributed by atoms with Gasteiger partial charge in [0, 0.05) is 18.2 Å². The summed E-state index contributed by atoms with van der Waals surface area (Å²) in [5.41, 5.74) is 0.806. The summed E-state index contributed by atoms with van der Waals surface area (Å²) in [6.45, 7) is 0.560. The second-order valence-corrected chi connectivity index (χ2v) is 5.36. The van der Waals surface area contributed by atoms with Crippen LogP contribution in [0.3, 0.4) is 0 Å². The molecule has 0 atom stereocenters. The molecule has 5 heteroatoms. The maximum absolute atomic E-state index is 11.8. The normalized spacial score (nSPS) is 19.2. The Bertz CT molecular complexity index is 531. The van der Waals surface area contributed by atoms with Crippen LogP contribution in [-0.4, -0.2) is 25.0 Å². The molecule has 0 bridgehead atoms. The average Bonchev–Trinajstić information content (AvgIpc) is 3.09. The Kier molecular flexibility index (Phi) is 3.30. The lowest BCUT2D eigenvalue weighted by Crippen LogP contribution is -2.32. The topological polar surface area (TPSA) is 65.0 Å². The van der Waals surface area contributed by atoms with Crippen LogP contribution in [0.2, 0.25) is 0 Å². The van der Waals surface area contributed by atoms with Crippen molar-refractivity contribution in [1.82, 2.24) is 0 Å². The number of carboxylic acids is 1. The molecule has 0 saturated heterocycles. The predicted molar refractivity (Wildman–Crippen MR) is 71.1 cm³/mol. The standard InChI is InChI=1S/C15H18O5/c1-18-8-10-4-5-11(13-12(10)19-9-20-13)15(14(16)17)6-2-3-7-15/h4-5H,2-3,6-9H2,1H3,(H,16,17). The molecule has 0 unspecified atom stereocenters. The van der Waals surface area contributed by atoms with E-state index >= 15 is 0 Å². The number of methoxy groups -OCH3 is 1. The first-order chi connectivity index (χ1) is 9.69. The molecular weight excluding hydrogens is 260 g/mol. The molecule has 1 saturated carbocycles. The van der Waals surface area contributed by atoms with Gasteiger partial charge < -0.3 is 19.3 Å². The summed E-state index contributed by atoms with van der Waals surface area (Å²) in [5.74, 6) is 0.452. The number of ether oxygens (including phenoxy) is 3. The van der Waals surface area contributed by atoms with E-state index in [0.29, 0.717) is 30.9 Å². The molecule has 0 spiro atoms. The molecule has 20 heavy (non-hydrogen) atoms. The number of carboxylic acid groups (broad SMARTS) is 1. The zero-order valence-electron chi connectivity index (χ0n) is 11.5. The quantitative estimate of drug-likeness (QED) is 0.916. The first kappa shape index (κ1) is 13.2. The third-order valence-electron chi connectivity index (χ3n) is 4.28. The van der Waals surface area contributed by atoms with Gasteiger partial charge in [0.2, 0.25) is 6.79 Å². The van der Waals surface area contributed by atoms with Gasteiger partial charge in [-0.05, 0) is 12.8 Å². The Morgan fingerprint density at radius 1 is 1.30 bits per heavy atom. The third-order valence-corrected chi connectivity index (χ3v) is 4.28. The van der Waals surface area contributed by atoms with E-state index in [1.54, 1.807) is 7.11 Å². The van der Waals surface area contributed by atoms with Crippen molar-refractivity contribution in [3.05, 3.63) is 23.3 Å². The zero-order chi connectivity index (χ0) is 14.2. The van der Waals surface area contributed by atoms with Crippen LogP contribution >= 0.6 is 0 Å². The fourth-order valence-electron chi connectivity index (χ4n) is 3.28. The van der Waals surface area contributed by atoms with Crippen molar-refractivity contribution in [2.75, 3.05) is 13.9 Å². The molecule has 1 heterocycles. The highest BCUT2D eigenvalue weighted by molar-refractivity contribution is 5.83. The highest BCUT2D eigenvalue weighted by Crippen LogP contribution is 2.50. The van der Waals surface area contributed by atoms with E-state index in [9.17, 15) is 9.90 Å². The summed E-state index contributed by atoms with van der Waals surface area (Å²) in [5, 5.41) is 9.70. The smallest absolute Gasteiger partial charge is 0.314 e. The molecule has 5 nitrogen and oxygen atoms in total. The Morgan fingerprint density at radius 2 is 2.00 bits per heavy atom. The van der Waals surface area contributed by atoms with Gasteiger partial charge in [-0.2, -0.15) is 0 Å². The number of aliphatic carboxylic acids is 1. The molecular formula is C15H18O5. The maximum Gasteiger partial charge on any atom is 0.314 e. The lowest BCUT2D eigenvalue weighted by molar-refractivity contribution is -0.143. The first-order valence-electron chi connectivity index (χ1n) is 6.83. The third kappa shape index (κ3) is 1.85. The molecule has 1 N–H and O–H groups in total. The van der Waals surface area contributed by atoms with Crippen molar-refractivity contribution in [3.63, 3.8) is 0 Å². The number of carbonyl (C=O) groups is 1. The van der Waals surface area contributed by atoms with Crippen LogP contribution in [0, 0.1) is 0 Å². The molecule has 0 aromatic heterocycles. The van der Waals surface area contributed by atoms with E-state index in [1.807, 2.05) is 12.1 Å². The Hall–Kier alpha value is -1.75. The zero-order valence-corrected chi connectivity index (χ0v) is 11.5. The van der Waals surface area contributed by atoms with Gasteiger partial charge in [0.1, 0.15) is 0 Å². The highest BCUT2D eigenvalue weighted by Gasteiger charge is 2.46. The van der Waals surface area contributed by atoms with Gasteiger partial charge in [-0.15, -0.1) is 0 Å². The Balaban J connectivity index is 2.11. The molecule has 108 valence electrons. The Morgan fingerprint density at radius 3 is 2.65 bits per heavy atom. The van der Waals surface area contributed by atoms with Crippen molar-refractivity contribution in [2.45, 2.75) is 37.7 Å². The minimum atomic E-state index is -0.830. The van der Waals surface area contributed by atoms with E-state index in [1.165, 1.54) is 0 Å². The van der Waals surface area contributed by atoms with Crippen LogP contribution in [0.1, 0.15) is 36.8 Å². The van der Waals surface area contributed by atoms with Gasteiger partial charge in [-0.1, -0.05) is 25.0 Å². The fraction of sp³-hybridized carbons (Fsp3) is 0.533. The summed E-state index contributed by atoms with van der Waals surface area (Å²) in [7, 11) is 1.62. The van der Waals surface area contributed by atoms with Crippen molar-refractivity contribution >= 4 is 5.97 Å². The van der Waals surface area contributed by atoms with E-state index in [2.05, 4.69) is 0 Å². The number of hydrogen-bond acceptors (Lipinski definition) is 4. The van der Waals surface area contributed by atoms with Gasteiger partial charge in [-0.25, -0.2) is 0 Å². The summed E-state index contributed by atoms with van der Waals surface area (Å²) in [6.07, 6.45) is 3.17. The molecule has 0 radical (unpaired) electrons. The van der Waals surface area contributed by atoms with Crippen LogP contribution in [0.25, 0.3) is 0 Å². The van der Waals surface area contributed by atoms with Crippen molar-refractivity contribution in [1.29, 1.82) is 0 Å². The largest absolute Gasteiger partial charge is 0.481 e. The molecule has 1 aliphatic heterocycles. The summed E-state index contributed by atoms with van der Waals surface area (Å²) in [4.78, 5) is 11.8. The maximum atomic E-state index is 11.8. The minimum absolute atomic E-state index is 0.138. The second-order valence-electron chi connectivity index (χ2n) is 5.36. The van der Waals surface area contributed by atoms with Gasteiger partial charge in [-0.3, -0.25) is 4.79 Å². The number of hydrogen-bond donors (Lipinski definition) is 1. The van der Waals surface area contributed by atoms with Crippen molar-refractivity contribution < 1.29 is 24.1 Å². The second kappa shape index (κ2) is 4.98. The van der Waals surface area contributed by atoms with Crippen LogP contribution in [0.15, 0.2) is 12.1 Å². The number of benzene rings is 1. The molecule has 1 aromatic carbocycles. The van der Waals surface area contributed by atoms with Crippen molar-refractivity contribution in [3.8, 4) is 11.5 Å². The van der Waals surface area contributed by atoms with Gasteiger partial charge >= 0.3 is 5.97 Å². The lowest BCUT2D eigenvalue weighted by Gasteiger charge is -2.26. The van der Waals surface area contributed by atoms with Gasteiger partial charge in [0.15, 0.2) is 11.5 Å². The molecule has 1 aliphatic carbocycles. The van der Waals surface area contributed by atoms with Crippen LogP contribution < -0.4 is 9.47 Å². The minimum Gasteiger partial charge on any atom is -0.481 e. The van der Waals surface area contributed by atoms with E-state index in [0.717, 1.165) is 24.0 Å². The predicted octanol–water partition coefficient (Wildman–Crippen LogP) is 2.46. The molecule has 1 aromatic rings. The van der Waals surface area contributed by atoms with E-state index in [-0.39, 0.29) is 6.79 Å². The number of fused-ring (bicyclic) bond motifs is 1. The fourth-order valence-corrected chi connectivity index (χ4v) is 3.28. The highest BCUT2D eigenvalue weighted by atomic mass is 16.7. The summed E-state index contributed by atoms with van der Waals surface area (Å²) < 4.78 is 16.2. The molecule has 1 fully saturated rings. The van der Waals surface area contributed by atoms with E-state index < -0.39 is 11.4 Å². The van der Waals surface area contributed by atoms with Crippen molar-refractivity contribution in [2.24, 2.45) is 0 Å². The molecule has 3 rings (SSSR count). The monoisotopic (exact) mass is 278 g/mol. The van der Waals surface area contributed by atoms with Crippen LogP contribution in [-0.2, 0) is 21.6 Å². The van der Waals surface area contributed by atoms with Crippen LogP contribution in [0.5, 0.6) is 11.5 Å². The SMILES string of the molecule is COCc1ccc(C2(C(=O)O)CCCC2)c2c1OCO2. The Labute approximate surface area is 117 Å². The molecule has 0 amide bonds. The number of rotatable bonds is 4. The lowest BCUT2D eigenvalue weighted by atomic mass is 9.78. The molecule has 2 aliphatic rings. The van der Waals surface area contributed by atoms with Gasteiger partial charge in [0.25, 0.3) is 0 Å². The van der Waals surface area contributed by atoms with Gasteiger partial charge in [0.05, 0.1) is 12.0 Å².